The molecule has 0 unspecified atom stereocenters. The Morgan fingerprint density at radius 3 is 1.62 bits per heavy atom. The summed E-state index contributed by atoms with van der Waals surface area (Å²) in [6, 6.07) is 6.28. The monoisotopic (exact) mass is 179 g/mol. The van der Waals surface area contributed by atoms with Crippen molar-refractivity contribution in [3.05, 3.63) is 29.6 Å². The van der Waals surface area contributed by atoms with Crippen LogP contribution in [0.1, 0.15) is 58.3 Å². The maximum absolute atomic E-state index is 4.57. The molecule has 0 spiro atoms. The molecule has 0 aromatic carbocycles. The molecule has 0 fully saturated rings. The number of rotatable bonds is 2. The van der Waals surface area contributed by atoms with Gasteiger partial charge in [0.25, 0.3) is 0 Å². The fourth-order valence-corrected chi connectivity index (χ4v) is 1.11. The van der Waals surface area contributed by atoms with E-state index in [0.29, 0.717) is 11.8 Å². The molecule has 1 rings (SSSR count). The second kappa shape index (κ2) is 5.00. The molecule has 1 heterocycles. The first-order valence-corrected chi connectivity index (χ1v) is 4.58. The van der Waals surface area contributed by atoms with Gasteiger partial charge < -0.3 is 0 Å². The maximum atomic E-state index is 4.57. The van der Waals surface area contributed by atoms with Crippen LogP contribution in [-0.4, -0.2) is 4.98 Å². The summed E-state index contributed by atoms with van der Waals surface area (Å²) in [5, 5.41) is 0. The van der Waals surface area contributed by atoms with E-state index in [1.54, 1.807) is 0 Å². The van der Waals surface area contributed by atoms with Gasteiger partial charge in [0.1, 0.15) is 0 Å². The van der Waals surface area contributed by atoms with Gasteiger partial charge in [0.2, 0.25) is 0 Å². The molecule has 0 aliphatic rings. The van der Waals surface area contributed by atoms with Gasteiger partial charge in [-0.05, 0) is 24.0 Å². The zero-order valence-electron chi connectivity index (χ0n) is 8.33. The third-order valence-corrected chi connectivity index (χ3v) is 1.98. The molecule has 0 amide bonds. The molecule has 0 bridgehead atoms. The van der Waals surface area contributed by atoms with Gasteiger partial charge in [0.15, 0.2) is 0 Å². The Balaban J connectivity index is 0.00000144. The molecule has 1 aromatic heterocycles. The standard InChI is InChI=1S/C11H17N.CH4/c1-8(2)10-6-5-7-11(12-10)9(3)4;/h5-9H,1-4H3;1H4. The molecule has 0 saturated heterocycles. The number of hydrogen-bond donors (Lipinski definition) is 0. The first kappa shape index (κ1) is 12.2. The van der Waals surface area contributed by atoms with Crippen molar-refractivity contribution in [1.82, 2.24) is 4.98 Å². The Hall–Kier alpha value is -0.850. The molecule has 0 radical (unpaired) electrons. The van der Waals surface area contributed by atoms with Crippen molar-refractivity contribution in [2.24, 2.45) is 0 Å². The molecule has 74 valence electrons. The van der Waals surface area contributed by atoms with Crippen LogP contribution in [0.4, 0.5) is 0 Å². The normalized spacial score (nSPS) is 10.3. The summed E-state index contributed by atoms with van der Waals surface area (Å²) in [4.78, 5) is 4.57. The summed E-state index contributed by atoms with van der Waals surface area (Å²) in [5.74, 6) is 1.06. The second-order valence-electron chi connectivity index (χ2n) is 3.80. The van der Waals surface area contributed by atoms with Gasteiger partial charge >= 0.3 is 0 Å². The van der Waals surface area contributed by atoms with Crippen molar-refractivity contribution in [3.63, 3.8) is 0 Å². The second-order valence-corrected chi connectivity index (χ2v) is 3.80. The largest absolute Gasteiger partial charge is 0.257 e. The van der Waals surface area contributed by atoms with Crippen molar-refractivity contribution >= 4 is 0 Å². The van der Waals surface area contributed by atoms with Crippen LogP contribution < -0.4 is 0 Å². The van der Waals surface area contributed by atoms with E-state index in [9.17, 15) is 0 Å². The molecule has 0 aliphatic carbocycles. The minimum atomic E-state index is 0. The van der Waals surface area contributed by atoms with Crippen LogP contribution >= 0.6 is 0 Å². The highest BCUT2D eigenvalue weighted by atomic mass is 14.7. The fourth-order valence-electron chi connectivity index (χ4n) is 1.11. The molecule has 0 atom stereocenters. The average Bonchev–Trinajstić information content (AvgIpc) is 2.04. The van der Waals surface area contributed by atoms with Crippen LogP contribution in [-0.2, 0) is 0 Å². The Morgan fingerprint density at radius 2 is 1.31 bits per heavy atom. The van der Waals surface area contributed by atoms with E-state index in [0.717, 1.165) is 0 Å². The van der Waals surface area contributed by atoms with Crippen molar-refractivity contribution in [1.29, 1.82) is 0 Å². The lowest BCUT2D eigenvalue weighted by atomic mass is 10.1. The highest BCUT2D eigenvalue weighted by Crippen LogP contribution is 2.16. The summed E-state index contributed by atoms with van der Waals surface area (Å²) in [6.45, 7) is 8.69. The average molecular weight is 179 g/mol. The lowest BCUT2D eigenvalue weighted by Crippen LogP contribution is -1.98. The molecule has 1 aromatic rings. The highest BCUT2D eigenvalue weighted by molar-refractivity contribution is 5.15. The fraction of sp³-hybridized carbons (Fsp3) is 0.583. The Labute approximate surface area is 82.2 Å². The molecule has 0 N–H and O–H groups in total. The van der Waals surface area contributed by atoms with E-state index >= 15 is 0 Å². The number of hydrogen-bond acceptors (Lipinski definition) is 1. The van der Waals surface area contributed by atoms with E-state index in [1.807, 2.05) is 0 Å². The zero-order chi connectivity index (χ0) is 9.14. The summed E-state index contributed by atoms with van der Waals surface area (Å²) in [5.41, 5.74) is 2.39. The third-order valence-electron chi connectivity index (χ3n) is 1.98. The summed E-state index contributed by atoms with van der Waals surface area (Å²) < 4.78 is 0. The number of nitrogens with zero attached hydrogens (tertiary/aromatic N) is 1. The van der Waals surface area contributed by atoms with Gasteiger partial charge in [-0.2, -0.15) is 0 Å². The first-order chi connectivity index (χ1) is 5.61. The zero-order valence-corrected chi connectivity index (χ0v) is 8.33. The van der Waals surface area contributed by atoms with E-state index < -0.39 is 0 Å². The SMILES string of the molecule is C.CC(C)c1cccc(C(C)C)n1. The Kier molecular flexibility index (Phi) is 4.68. The van der Waals surface area contributed by atoms with Crippen molar-refractivity contribution in [3.8, 4) is 0 Å². The van der Waals surface area contributed by atoms with Gasteiger partial charge in [-0.25, -0.2) is 0 Å². The topological polar surface area (TPSA) is 12.9 Å². The predicted octanol–water partition coefficient (Wildman–Crippen LogP) is 3.96. The van der Waals surface area contributed by atoms with Crippen LogP contribution in [0, 0.1) is 0 Å². The lowest BCUT2D eigenvalue weighted by Gasteiger charge is -2.08. The van der Waals surface area contributed by atoms with Gasteiger partial charge in [-0.15, -0.1) is 0 Å². The van der Waals surface area contributed by atoms with Crippen LogP contribution in [0.5, 0.6) is 0 Å². The van der Waals surface area contributed by atoms with Crippen LogP contribution in [0.2, 0.25) is 0 Å². The molecule has 13 heavy (non-hydrogen) atoms. The van der Waals surface area contributed by atoms with Crippen LogP contribution in [0.25, 0.3) is 0 Å². The van der Waals surface area contributed by atoms with Crippen LogP contribution in [0.15, 0.2) is 18.2 Å². The van der Waals surface area contributed by atoms with Crippen LogP contribution in [0.3, 0.4) is 0 Å². The first-order valence-electron chi connectivity index (χ1n) is 4.58. The predicted molar refractivity (Wildman–Crippen MR) is 59.1 cm³/mol. The molecule has 1 nitrogen and oxygen atoms in total. The number of aromatic nitrogens is 1. The Morgan fingerprint density at radius 1 is 0.923 bits per heavy atom. The van der Waals surface area contributed by atoms with Crippen molar-refractivity contribution in [2.45, 2.75) is 47.0 Å². The molecule has 1 heteroatoms. The van der Waals surface area contributed by atoms with E-state index in [-0.39, 0.29) is 7.43 Å². The smallest absolute Gasteiger partial charge is 0.0432 e. The minimum absolute atomic E-state index is 0. The van der Waals surface area contributed by atoms with Gasteiger partial charge in [0, 0.05) is 11.4 Å². The molecule has 0 aliphatic heterocycles. The lowest BCUT2D eigenvalue weighted by molar-refractivity contribution is 0.765. The molecular formula is C12H21N. The van der Waals surface area contributed by atoms with Gasteiger partial charge in [-0.1, -0.05) is 41.2 Å². The van der Waals surface area contributed by atoms with Gasteiger partial charge in [-0.3, -0.25) is 4.98 Å². The van der Waals surface area contributed by atoms with E-state index in [2.05, 4.69) is 50.9 Å². The van der Waals surface area contributed by atoms with E-state index in [1.165, 1.54) is 11.4 Å². The van der Waals surface area contributed by atoms with Crippen molar-refractivity contribution in [2.75, 3.05) is 0 Å². The Bertz CT molecular complexity index is 228. The molecule has 0 saturated carbocycles. The summed E-state index contributed by atoms with van der Waals surface area (Å²) >= 11 is 0. The summed E-state index contributed by atoms with van der Waals surface area (Å²) in [6.07, 6.45) is 0. The van der Waals surface area contributed by atoms with E-state index in [4.69, 9.17) is 0 Å². The minimum Gasteiger partial charge on any atom is -0.257 e. The number of pyridine rings is 1. The third kappa shape index (κ3) is 3.17. The molecular weight excluding hydrogens is 158 g/mol. The van der Waals surface area contributed by atoms with Gasteiger partial charge in [0.05, 0.1) is 0 Å². The van der Waals surface area contributed by atoms with Crippen molar-refractivity contribution < 1.29 is 0 Å². The highest BCUT2D eigenvalue weighted by Gasteiger charge is 2.03. The quantitative estimate of drug-likeness (QED) is 0.669. The maximum Gasteiger partial charge on any atom is 0.0432 e. The summed E-state index contributed by atoms with van der Waals surface area (Å²) in [7, 11) is 0.